The minimum atomic E-state index is -0.691. The number of carbonyl (C=O) groups excluding carboxylic acids is 2. The van der Waals surface area contributed by atoms with Gasteiger partial charge in [0, 0.05) is 5.56 Å². The highest BCUT2D eigenvalue weighted by molar-refractivity contribution is 5.96. The summed E-state index contributed by atoms with van der Waals surface area (Å²) >= 11 is 0. The topological polar surface area (TPSA) is 75.6 Å². The number of ether oxygens (including phenoxy) is 1. The maximum Gasteiger partial charge on any atom is 0.328 e. The Balaban J connectivity index is 2.58. The first kappa shape index (κ1) is 14.2. The Morgan fingerprint density at radius 1 is 1.33 bits per heavy atom. The van der Waals surface area contributed by atoms with Crippen LogP contribution in [0.25, 0.3) is 0 Å². The molecule has 0 unspecified atom stereocenters. The molecule has 2 N–H and O–H groups in total. The first-order chi connectivity index (χ1) is 8.69. The van der Waals surface area contributed by atoms with Crippen LogP contribution in [0.1, 0.15) is 23.7 Å². The molecular weight excluding hydrogens is 234 g/mol. The molecule has 0 saturated carbocycles. The van der Waals surface area contributed by atoms with Crippen molar-refractivity contribution in [2.45, 2.75) is 19.4 Å². The third-order valence-electron chi connectivity index (χ3n) is 2.37. The number of hydrogen-bond donors (Lipinski definition) is 2. The van der Waals surface area contributed by atoms with Gasteiger partial charge < -0.3 is 15.2 Å². The van der Waals surface area contributed by atoms with Gasteiger partial charge in [-0.3, -0.25) is 4.79 Å². The van der Waals surface area contributed by atoms with Gasteiger partial charge in [-0.25, -0.2) is 4.79 Å². The summed E-state index contributed by atoms with van der Waals surface area (Å²) in [6.07, 6.45) is 0.433. The number of rotatable bonds is 6. The molecule has 1 aromatic rings. The fourth-order valence-electron chi connectivity index (χ4n) is 1.41. The van der Waals surface area contributed by atoms with E-state index >= 15 is 0 Å². The molecule has 1 aromatic carbocycles. The second kappa shape index (κ2) is 7.45. The van der Waals surface area contributed by atoms with E-state index in [2.05, 4.69) is 5.32 Å². The number of esters is 1. The van der Waals surface area contributed by atoms with Crippen LogP contribution in [-0.2, 0) is 9.53 Å². The molecule has 18 heavy (non-hydrogen) atoms. The van der Waals surface area contributed by atoms with E-state index in [0.717, 1.165) is 0 Å². The van der Waals surface area contributed by atoms with Crippen molar-refractivity contribution in [1.82, 2.24) is 5.32 Å². The molecule has 0 aliphatic heterocycles. The minimum absolute atomic E-state index is 0.0590. The predicted molar refractivity (Wildman–Crippen MR) is 66.0 cm³/mol. The highest BCUT2D eigenvalue weighted by atomic mass is 16.5. The number of amides is 1. The fourth-order valence-corrected chi connectivity index (χ4v) is 1.41. The van der Waals surface area contributed by atoms with Gasteiger partial charge in [0.2, 0.25) is 0 Å². The lowest BCUT2D eigenvalue weighted by molar-refractivity contribution is -0.147. The number of benzene rings is 1. The Hall–Kier alpha value is -1.88. The highest BCUT2D eigenvalue weighted by Gasteiger charge is 2.20. The molecule has 0 aliphatic rings. The molecule has 0 saturated heterocycles. The first-order valence-corrected chi connectivity index (χ1v) is 5.82. The zero-order valence-electron chi connectivity index (χ0n) is 10.3. The van der Waals surface area contributed by atoms with Crippen molar-refractivity contribution in [3.8, 4) is 0 Å². The van der Waals surface area contributed by atoms with Crippen molar-refractivity contribution < 1.29 is 19.4 Å². The molecule has 5 nitrogen and oxygen atoms in total. The van der Waals surface area contributed by atoms with Gasteiger partial charge in [-0.05, 0) is 18.6 Å². The van der Waals surface area contributed by atoms with Crippen LogP contribution < -0.4 is 5.32 Å². The van der Waals surface area contributed by atoms with Crippen LogP contribution in [0.15, 0.2) is 30.3 Å². The van der Waals surface area contributed by atoms with E-state index in [1.54, 1.807) is 31.2 Å². The SMILES string of the molecule is CC[C@@H](NC(=O)c1ccccc1)C(=O)OCCO. The van der Waals surface area contributed by atoms with Crippen LogP contribution in [0.2, 0.25) is 0 Å². The maximum absolute atomic E-state index is 11.8. The molecule has 0 fully saturated rings. The summed E-state index contributed by atoms with van der Waals surface area (Å²) in [5.41, 5.74) is 0.492. The quantitative estimate of drug-likeness (QED) is 0.731. The summed E-state index contributed by atoms with van der Waals surface area (Å²) in [6.45, 7) is 1.49. The average Bonchev–Trinajstić information content (AvgIpc) is 2.42. The summed E-state index contributed by atoms with van der Waals surface area (Å²) in [7, 11) is 0. The van der Waals surface area contributed by atoms with Gasteiger partial charge in [0.1, 0.15) is 12.6 Å². The van der Waals surface area contributed by atoms with Crippen molar-refractivity contribution in [2.75, 3.05) is 13.2 Å². The molecule has 98 valence electrons. The molecule has 1 amide bonds. The number of hydrogen-bond acceptors (Lipinski definition) is 4. The lowest BCUT2D eigenvalue weighted by Gasteiger charge is -2.15. The zero-order valence-corrected chi connectivity index (χ0v) is 10.3. The minimum Gasteiger partial charge on any atom is -0.462 e. The molecule has 0 heterocycles. The number of nitrogens with one attached hydrogen (secondary N) is 1. The second-order valence-corrected chi connectivity index (χ2v) is 3.69. The van der Waals surface area contributed by atoms with E-state index in [0.29, 0.717) is 12.0 Å². The predicted octanol–water partition coefficient (Wildman–Crippen LogP) is 0.730. The van der Waals surface area contributed by atoms with Crippen molar-refractivity contribution in [2.24, 2.45) is 0 Å². The summed E-state index contributed by atoms with van der Waals surface area (Å²) in [6, 6.07) is 7.95. The lowest BCUT2D eigenvalue weighted by Crippen LogP contribution is -2.41. The van der Waals surface area contributed by atoms with Gasteiger partial charge in [0.25, 0.3) is 5.91 Å². The summed E-state index contributed by atoms with van der Waals surface area (Å²) < 4.78 is 4.78. The van der Waals surface area contributed by atoms with E-state index in [9.17, 15) is 9.59 Å². The van der Waals surface area contributed by atoms with Crippen molar-refractivity contribution in [3.63, 3.8) is 0 Å². The van der Waals surface area contributed by atoms with Crippen molar-refractivity contribution >= 4 is 11.9 Å². The first-order valence-electron chi connectivity index (χ1n) is 5.82. The second-order valence-electron chi connectivity index (χ2n) is 3.69. The Morgan fingerprint density at radius 2 is 2.00 bits per heavy atom. The summed E-state index contributed by atoms with van der Waals surface area (Å²) in [4.78, 5) is 23.4. The Labute approximate surface area is 106 Å². The zero-order chi connectivity index (χ0) is 13.4. The Kier molecular flexibility index (Phi) is 5.87. The van der Waals surface area contributed by atoms with Crippen LogP contribution in [0.4, 0.5) is 0 Å². The van der Waals surface area contributed by atoms with Gasteiger partial charge in [0.05, 0.1) is 6.61 Å². The summed E-state index contributed by atoms with van der Waals surface area (Å²) in [5.74, 6) is -0.848. The van der Waals surface area contributed by atoms with E-state index in [1.807, 2.05) is 6.07 Å². The number of carbonyl (C=O) groups is 2. The monoisotopic (exact) mass is 251 g/mol. The van der Waals surface area contributed by atoms with Crippen LogP contribution in [0.3, 0.4) is 0 Å². The molecule has 5 heteroatoms. The smallest absolute Gasteiger partial charge is 0.328 e. The van der Waals surface area contributed by atoms with Crippen LogP contribution in [0.5, 0.6) is 0 Å². The van der Waals surface area contributed by atoms with Gasteiger partial charge >= 0.3 is 5.97 Å². The van der Waals surface area contributed by atoms with E-state index < -0.39 is 12.0 Å². The van der Waals surface area contributed by atoms with Gasteiger partial charge in [-0.2, -0.15) is 0 Å². The highest BCUT2D eigenvalue weighted by Crippen LogP contribution is 2.01. The van der Waals surface area contributed by atoms with E-state index in [4.69, 9.17) is 9.84 Å². The normalized spacial score (nSPS) is 11.7. The molecule has 0 aliphatic carbocycles. The average molecular weight is 251 g/mol. The Bertz CT molecular complexity index is 391. The van der Waals surface area contributed by atoms with E-state index in [1.165, 1.54) is 0 Å². The Morgan fingerprint density at radius 3 is 2.56 bits per heavy atom. The molecule has 0 spiro atoms. The molecular formula is C13H17NO4. The van der Waals surface area contributed by atoms with Crippen LogP contribution in [-0.4, -0.2) is 36.2 Å². The van der Waals surface area contributed by atoms with Gasteiger partial charge in [-0.15, -0.1) is 0 Å². The molecule has 1 rings (SSSR count). The summed E-state index contributed by atoms with van der Waals surface area (Å²) in [5, 5.41) is 11.2. The molecule has 0 bridgehead atoms. The molecule has 1 atom stereocenters. The van der Waals surface area contributed by atoms with Crippen molar-refractivity contribution in [3.05, 3.63) is 35.9 Å². The third kappa shape index (κ3) is 4.18. The lowest BCUT2D eigenvalue weighted by atomic mass is 10.1. The van der Waals surface area contributed by atoms with E-state index in [-0.39, 0.29) is 19.1 Å². The largest absolute Gasteiger partial charge is 0.462 e. The molecule has 0 aromatic heterocycles. The molecule has 0 radical (unpaired) electrons. The van der Waals surface area contributed by atoms with Crippen molar-refractivity contribution in [1.29, 1.82) is 0 Å². The standard InChI is InChI=1S/C13H17NO4/c1-2-11(13(17)18-9-8-15)14-12(16)10-6-4-3-5-7-10/h3-7,11,15H,2,8-9H2,1H3,(H,14,16)/t11-/m1/s1. The maximum atomic E-state index is 11.8. The van der Waals surface area contributed by atoms with Gasteiger partial charge in [-0.1, -0.05) is 25.1 Å². The fraction of sp³-hybridized carbons (Fsp3) is 0.385. The number of aliphatic hydroxyl groups excluding tert-OH is 1. The van der Waals surface area contributed by atoms with Crippen LogP contribution in [0, 0.1) is 0 Å². The van der Waals surface area contributed by atoms with Crippen LogP contribution >= 0.6 is 0 Å². The third-order valence-corrected chi connectivity index (χ3v) is 2.37. The van der Waals surface area contributed by atoms with Gasteiger partial charge in [0.15, 0.2) is 0 Å². The number of aliphatic hydroxyl groups is 1.